The standard InChI is InChI=1S/C17H21FN2OS/c1-12(16-5-3-4-6-17(16)18)20-8-7-15(9-20)21-10-14-11-22-13(2)19-14/h3-6,11-12,15H,7-10H2,1-2H3/t12-,15+/m1/s1. The Balaban J connectivity index is 1.54. The topological polar surface area (TPSA) is 25.4 Å². The fourth-order valence-corrected chi connectivity index (χ4v) is 3.53. The van der Waals surface area contributed by atoms with Crippen LogP contribution >= 0.6 is 11.3 Å². The maximum Gasteiger partial charge on any atom is 0.127 e. The molecule has 0 saturated carbocycles. The van der Waals surface area contributed by atoms with Gasteiger partial charge in [-0.15, -0.1) is 11.3 Å². The number of halogens is 1. The van der Waals surface area contributed by atoms with Crippen LogP contribution in [0.25, 0.3) is 0 Å². The van der Waals surface area contributed by atoms with Crippen molar-refractivity contribution in [1.29, 1.82) is 0 Å². The summed E-state index contributed by atoms with van der Waals surface area (Å²) in [5.74, 6) is -0.127. The van der Waals surface area contributed by atoms with Crippen molar-refractivity contribution in [1.82, 2.24) is 9.88 Å². The first kappa shape index (κ1) is 15.6. The molecule has 22 heavy (non-hydrogen) atoms. The SMILES string of the molecule is Cc1nc(CO[C@H]2CCN([C@H](C)c3ccccc3F)C2)cs1. The Morgan fingerprint density at radius 2 is 2.27 bits per heavy atom. The van der Waals surface area contributed by atoms with Crippen molar-refractivity contribution in [2.24, 2.45) is 0 Å². The fraction of sp³-hybridized carbons (Fsp3) is 0.471. The van der Waals surface area contributed by atoms with Crippen LogP contribution in [0.3, 0.4) is 0 Å². The average molecular weight is 320 g/mol. The van der Waals surface area contributed by atoms with Gasteiger partial charge in [-0.3, -0.25) is 4.90 Å². The molecule has 1 aliphatic heterocycles. The number of aromatic nitrogens is 1. The van der Waals surface area contributed by atoms with Crippen LogP contribution < -0.4 is 0 Å². The molecular formula is C17H21FN2OS. The first-order chi connectivity index (χ1) is 10.6. The molecule has 0 aliphatic carbocycles. The van der Waals surface area contributed by atoms with Crippen LogP contribution in [0.2, 0.25) is 0 Å². The summed E-state index contributed by atoms with van der Waals surface area (Å²) in [6.45, 7) is 6.41. The normalized spacial score (nSPS) is 20.4. The van der Waals surface area contributed by atoms with E-state index in [2.05, 4.69) is 16.8 Å². The van der Waals surface area contributed by atoms with Crippen molar-refractivity contribution in [3.63, 3.8) is 0 Å². The van der Waals surface area contributed by atoms with Gasteiger partial charge in [-0.2, -0.15) is 0 Å². The van der Waals surface area contributed by atoms with Crippen molar-refractivity contribution in [2.45, 2.75) is 39.0 Å². The monoisotopic (exact) mass is 320 g/mol. The maximum absolute atomic E-state index is 13.9. The third kappa shape index (κ3) is 3.54. The first-order valence-electron chi connectivity index (χ1n) is 7.64. The Labute approximate surface area is 134 Å². The van der Waals surface area contributed by atoms with Crippen molar-refractivity contribution in [3.05, 3.63) is 51.7 Å². The van der Waals surface area contributed by atoms with Gasteiger partial charge in [-0.1, -0.05) is 18.2 Å². The molecule has 3 nitrogen and oxygen atoms in total. The van der Waals surface area contributed by atoms with Crippen LogP contribution in [-0.2, 0) is 11.3 Å². The lowest BCUT2D eigenvalue weighted by atomic mass is 10.1. The molecule has 0 amide bonds. The second-order valence-corrected chi connectivity index (χ2v) is 6.83. The lowest BCUT2D eigenvalue weighted by molar-refractivity contribution is 0.0420. The predicted molar refractivity (Wildman–Crippen MR) is 86.4 cm³/mol. The van der Waals surface area contributed by atoms with Crippen molar-refractivity contribution in [3.8, 4) is 0 Å². The van der Waals surface area contributed by atoms with E-state index in [-0.39, 0.29) is 18.0 Å². The van der Waals surface area contributed by atoms with Gasteiger partial charge in [-0.05, 0) is 26.3 Å². The van der Waals surface area contributed by atoms with Crippen LogP contribution in [0, 0.1) is 12.7 Å². The van der Waals surface area contributed by atoms with E-state index in [4.69, 9.17) is 4.74 Å². The Morgan fingerprint density at radius 1 is 1.45 bits per heavy atom. The molecule has 0 spiro atoms. The summed E-state index contributed by atoms with van der Waals surface area (Å²) in [4.78, 5) is 6.70. The lowest BCUT2D eigenvalue weighted by Crippen LogP contribution is -2.27. The molecule has 0 N–H and O–H groups in total. The Hall–Kier alpha value is -1.30. The summed E-state index contributed by atoms with van der Waals surface area (Å²) < 4.78 is 19.9. The summed E-state index contributed by atoms with van der Waals surface area (Å²) in [6, 6.07) is 7.10. The quantitative estimate of drug-likeness (QED) is 0.834. The highest BCUT2D eigenvalue weighted by Gasteiger charge is 2.28. The summed E-state index contributed by atoms with van der Waals surface area (Å²) in [7, 11) is 0. The molecule has 1 aliphatic rings. The molecule has 0 radical (unpaired) electrons. The van der Waals surface area contributed by atoms with Gasteiger partial charge < -0.3 is 4.74 Å². The molecule has 2 heterocycles. The Bertz CT molecular complexity index is 631. The molecule has 2 atom stereocenters. The molecule has 1 saturated heterocycles. The predicted octanol–water partition coefficient (Wildman–Crippen LogP) is 3.94. The number of thiazole rings is 1. The van der Waals surface area contributed by atoms with Crippen LogP contribution in [0.15, 0.2) is 29.6 Å². The highest BCUT2D eigenvalue weighted by Crippen LogP contribution is 2.27. The van der Waals surface area contributed by atoms with Crippen LogP contribution in [-0.4, -0.2) is 29.1 Å². The van der Waals surface area contributed by atoms with Crippen molar-refractivity contribution < 1.29 is 9.13 Å². The Morgan fingerprint density at radius 3 is 3.00 bits per heavy atom. The second kappa shape index (κ2) is 6.86. The molecular weight excluding hydrogens is 299 g/mol. The zero-order valence-electron chi connectivity index (χ0n) is 13.0. The third-order valence-electron chi connectivity index (χ3n) is 4.21. The van der Waals surface area contributed by atoms with E-state index in [9.17, 15) is 4.39 Å². The minimum Gasteiger partial charge on any atom is -0.371 e. The smallest absolute Gasteiger partial charge is 0.127 e. The molecule has 0 unspecified atom stereocenters. The van der Waals surface area contributed by atoms with Gasteiger partial charge in [0.05, 0.1) is 23.4 Å². The van der Waals surface area contributed by atoms with Gasteiger partial charge in [-0.25, -0.2) is 9.37 Å². The summed E-state index contributed by atoms with van der Waals surface area (Å²) in [6.07, 6.45) is 1.19. The molecule has 118 valence electrons. The van der Waals surface area contributed by atoms with Gasteiger partial charge >= 0.3 is 0 Å². The number of aryl methyl sites for hydroxylation is 1. The minimum atomic E-state index is -0.127. The van der Waals surface area contributed by atoms with E-state index in [1.807, 2.05) is 24.4 Å². The summed E-state index contributed by atoms with van der Waals surface area (Å²) in [5, 5.41) is 3.11. The maximum atomic E-state index is 13.9. The number of ether oxygens (including phenoxy) is 1. The third-order valence-corrected chi connectivity index (χ3v) is 5.04. The van der Waals surface area contributed by atoms with Crippen LogP contribution in [0.5, 0.6) is 0 Å². The number of nitrogens with zero attached hydrogens (tertiary/aromatic N) is 2. The van der Waals surface area contributed by atoms with Gasteiger partial charge in [0.2, 0.25) is 0 Å². The lowest BCUT2D eigenvalue weighted by Gasteiger charge is -2.25. The largest absolute Gasteiger partial charge is 0.371 e. The molecule has 2 aromatic rings. The van der Waals surface area contributed by atoms with E-state index < -0.39 is 0 Å². The summed E-state index contributed by atoms with van der Waals surface area (Å²) in [5.41, 5.74) is 1.77. The average Bonchev–Trinajstić information content (AvgIpc) is 3.14. The van der Waals surface area contributed by atoms with E-state index in [0.717, 1.165) is 35.8 Å². The zero-order valence-corrected chi connectivity index (χ0v) is 13.8. The number of hydrogen-bond donors (Lipinski definition) is 0. The van der Waals surface area contributed by atoms with Gasteiger partial charge in [0.1, 0.15) is 5.82 Å². The molecule has 3 rings (SSSR count). The van der Waals surface area contributed by atoms with Gasteiger partial charge in [0.15, 0.2) is 0 Å². The van der Waals surface area contributed by atoms with E-state index in [1.54, 1.807) is 17.4 Å². The molecule has 1 aromatic heterocycles. The van der Waals surface area contributed by atoms with Crippen LogP contribution in [0.1, 0.15) is 35.7 Å². The Kier molecular flexibility index (Phi) is 4.86. The van der Waals surface area contributed by atoms with Crippen molar-refractivity contribution >= 4 is 11.3 Å². The first-order valence-corrected chi connectivity index (χ1v) is 8.52. The minimum absolute atomic E-state index is 0.0799. The molecule has 1 aromatic carbocycles. The summed E-state index contributed by atoms with van der Waals surface area (Å²) >= 11 is 1.65. The van der Waals surface area contributed by atoms with Crippen molar-refractivity contribution in [2.75, 3.05) is 13.1 Å². The van der Waals surface area contributed by atoms with Gasteiger partial charge in [0, 0.05) is 30.1 Å². The highest BCUT2D eigenvalue weighted by molar-refractivity contribution is 7.09. The fourth-order valence-electron chi connectivity index (χ4n) is 2.93. The van der Waals surface area contributed by atoms with E-state index >= 15 is 0 Å². The highest BCUT2D eigenvalue weighted by atomic mass is 32.1. The van der Waals surface area contributed by atoms with E-state index in [0.29, 0.717) is 6.61 Å². The van der Waals surface area contributed by atoms with E-state index in [1.165, 1.54) is 6.07 Å². The zero-order chi connectivity index (χ0) is 15.5. The molecule has 5 heteroatoms. The molecule has 1 fully saturated rings. The number of likely N-dealkylation sites (tertiary alicyclic amines) is 1. The number of hydrogen-bond acceptors (Lipinski definition) is 4. The number of rotatable bonds is 5. The van der Waals surface area contributed by atoms with Crippen LogP contribution in [0.4, 0.5) is 4.39 Å². The number of benzene rings is 1. The molecule has 0 bridgehead atoms. The van der Waals surface area contributed by atoms with Gasteiger partial charge in [0.25, 0.3) is 0 Å². The second-order valence-electron chi connectivity index (χ2n) is 5.77.